The lowest BCUT2D eigenvalue weighted by Crippen LogP contribution is -2.55. The maximum Gasteiger partial charge on any atom is 0.303 e. The highest BCUT2D eigenvalue weighted by Gasteiger charge is 2.64. The van der Waals surface area contributed by atoms with Gasteiger partial charge in [-0.1, -0.05) is 13.8 Å². The lowest BCUT2D eigenvalue weighted by Gasteiger charge is -2.60. The zero-order valence-corrected chi connectivity index (χ0v) is 19.6. The van der Waals surface area contributed by atoms with Crippen LogP contribution in [-0.4, -0.2) is 36.2 Å². The summed E-state index contributed by atoms with van der Waals surface area (Å²) < 4.78 is 17.0. The maximum absolute atomic E-state index is 11.9. The fraction of sp³-hybridized carbons (Fsp3) is 0.880. The molecule has 4 fully saturated rings. The minimum absolute atomic E-state index is 0.0640. The molecule has 0 N–H and O–H groups in total. The third-order valence-corrected chi connectivity index (χ3v) is 9.47. The van der Waals surface area contributed by atoms with Crippen molar-refractivity contribution in [1.82, 2.24) is 0 Å². The van der Waals surface area contributed by atoms with Gasteiger partial charge in [0.2, 0.25) is 0 Å². The molecule has 0 saturated heterocycles. The van der Waals surface area contributed by atoms with Crippen molar-refractivity contribution < 1.29 is 28.6 Å². The van der Waals surface area contributed by atoms with Gasteiger partial charge in [0.25, 0.3) is 0 Å². The summed E-state index contributed by atoms with van der Waals surface area (Å²) in [6, 6.07) is 0. The number of hydrogen-bond donors (Lipinski definition) is 0. The Morgan fingerprint density at radius 2 is 1.35 bits per heavy atom. The second kappa shape index (κ2) is 8.08. The normalized spacial score (nSPS) is 46.2. The van der Waals surface area contributed by atoms with Crippen LogP contribution in [0.1, 0.15) is 86.0 Å². The molecule has 0 spiro atoms. The quantitative estimate of drug-likeness (QED) is 0.483. The molecule has 4 aliphatic carbocycles. The molecule has 174 valence electrons. The monoisotopic (exact) mass is 434 g/mol. The molecule has 4 aliphatic rings. The molecule has 9 atom stereocenters. The number of fused-ring (bicyclic) bond motifs is 5. The second-order valence-electron chi connectivity index (χ2n) is 11.1. The Morgan fingerprint density at radius 1 is 0.710 bits per heavy atom. The van der Waals surface area contributed by atoms with E-state index in [1.807, 2.05) is 0 Å². The van der Waals surface area contributed by atoms with E-state index in [1.165, 1.54) is 20.8 Å². The van der Waals surface area contributed by atoms with Crippen molar-refractivity contribution in [3.8, 4) is 0 Å². The smallest absolute Gasteiger partial charge is 0.303 e. The van der Waals surface area contributed by atoms with Gasteiger partial charge in [0.1, 0.15) is 18.3 Å². The molecule has 4 saturated carbocycles. The Labute approximate surface area is 185 Å². The molecular weight excluding hydrogens is 396 g/mol. The van der Waals surface area contributed by atoms with Gasteiger partial charge < -0.3 is 14.2 Å². The molecule has 0 aromatic heterocycles. The summed E-state index contributed by atoms with van der Waals surface area (Å²) >= 11 is 0. The fourth-order valence-electron chi connectivity index (χ4n) is 8.22. The van der Waals surface area contributed by atoms with E-state index in [0.717, 1.165) is 51.4 Å². The van der Waals surface area contributed by atoms with Crippen molar-refractivity contribution in [3.05, 3.63) is 0 Å². The first-order valence-corrected chi connectivity index (χ1v) is 12.1. The van der Waals surface area contributed by atoms with Crippen LogP contribution in [0.2, 0.25) is 0 Å². The summed E-state index contributed by atoms with van der Waals surface area (Å²) in [6.45, 7) is 9.10. The van der Waals surface area contributed by atoms with Gasteiger partial charge in [-0.25, -0.2) is 0 Å². The van der Waals surface area contributed by atoms with E-state index < -0.39 is 0 Å². The van der Waals surface area contributed by atoms with E-state index in [4.69, 9.17) is 14.2 Å². The van der Waals surface area contributed by atoms with Crippen molar-refractivity contribution in [2.75, 3.05) is 0 Å². The van der Waals surface area contributed by atoms with Crippen LogP contribution in [0, 0.1) is 34.5 Å². The van der Waals surface area contributed by atoms with Gasteiger partial charge >= 0.3 is 17.9 Å². The highest BCUT2D eigenvalue weighted by atomic mass is 16.6. The van der Waals surface area contributed by atoms with E-state index in [2.05, 4.69) is 13.8 Å². The molecule has 6 heteroatoms. The highest BCUT2D eigenvalue weighted by molar-refractivity contribution is 5.67. The van der Waals surface area contributed by atoms with Gasteiger partial charge in [-0.2, -0.15) is 0 Å². The van der Waals surface area contributed by atoms with E-state index in [0.29, 0.717) is 23.7 Å². The number of hydrogen-bond acceptors (Lipinski definition) is 6. The summed E-state index contributed by atoms with van der Waals surface area (Å²) in [4.78, 5) is 35.1. The van der Waals surface area contributed by atoms with Gasteiger partial charge in [-0.15, -0.1) is 0 Å². The van der Waals surface area contributed by atoms with Crippen LogP contribution in [0.15, 0.2) is 0 Å². The van der Waals surface area contributed by atoms with Crippen LogP contribution in [-0.2, 0) is 28.6 Å². The SMILES string of the molecule is CC(=O)O[C@H]1CC[C@@]2(C)[C@@H](CC[C@@H]3[C@@H]2CC[C@@]2(C)[C@H]3C[C@H](OC(C)=O)[C@@H]2OC(C)=O)C1. The van der Waals surface area contributed by atoms with Crippen LogP contribution in [0.3, 0.4) is 0 Å². The zero-order chi connectivity index (χ0) is 22.6. The molecule has 0 aromatic carbocycles. The Balaban J connectivity index is 1.56. The second-order valence-corrected chi connectivity index (χ2v) is 11.1. The van der Waals surface area contributed by atoms with E-state index >= 15 is 0 Å². The van der Waals surface area contributed by atoms with Crippen LogP contribution < -0.4 is 0 Å². The first-order chi connectivity index (χ1) is 14.5. The molecule has 0 aromatic rings. The number of carbonyl (C=O) groups is 3. The highest BCUT2D eigenvalue weighted by Crippen LogP contribution is 2.67. The third kappa shape index (κ3) is 3.89. The number of ether oxygens (including phenoxy) is 3. The molecule has 0 heterocycles. The lowest BCUT2D eigenvalue weighted by molar-refractivity contribution is -0.177. The topological polar surface area (TPSA) is 78.9 Å². The minimum Gasteiger partial charge on any atom is -0.463 e. The summed E-state index contributed by atoms with van der Waals surface area (Å²) in [6.07, 6.45) is 7.58. The molecule has 0 aliphatic heterocycles. The molecule has 0 unspecified atom stereocenters. The van der Waals surface area contributed by atoms with E-state index in [1.54, 1.807) is 0 Å². The van der Waals surface area contributed by atoms with Crippen LogP contribution >= 0.6 is 0 Å². The first kappa shape index (κ1) is 22.6. The molecule has 0 bridgehead atoms. The Morgan fingerprint density at radius 3 is 2.00 bits per heavy atom. The third-order valence-electron chi connectivity index (χ3n) is 9.47. The minimum atomic E-state index is -0.356. The predicted octanol–water partition coefficient (Wildman–Crippen LogP) is 4.43. The van der Waals surface area contributed by atoms with Gasteiger partial charge in [-0.05, 0) is 80.5 Å². The van der Waals surface area contributed by atoms with Crippen molar-refractivity contribution in [3.63, 3.8) is 0 Å². The molecule has 6 nitrogen and oxygen atoms in total. The molecular formula is C25H38O6. The van der Waals surface area contributed by atoms with Crippen molar-refractivity contribution >= 4 is 17.9 Å². The summed E-state index contributed by atoms with van der Waals surface area (Å²) in [5.41, 5.74) is 0.114. The van der Waals surface area contributed by atoms with Crippen molar-refractivity contribution in [2.24, 2.45) is 34.5 Å². The molecule has 4 rings (SSSR count). The Bertz CT molecular complexity index is 748. The number of carbonyl (C=O) groups excluding carboxylic acids is 3. The van der Waals surface area contributed by atoms with Gasteiger partial charge in [0, 0.05) is 26.2 Å². The van der Waals surface area contributed by atoms with E-state index in [9.17, 15) is 14.4 Å². The first-order valence-electron chi connectivity index (χ1n) is 12.1. The average Bonchev–Trinajstić information content (AvgIpc) is 2.92. The molecule has 31 heavy (non-hydrogen) atoms. The lowest BCUT2D eigenvalue weighted by atomic mass is 9.45. The summed E-state index contributed by atoms with van der Waals surface area (Å²) in [5.74, 6) is 1.39. The van der Waals surface area contributed by atoms with E-state index in [-0.39, 0.29) is 47.0 Å². The fourth-order valence-corrected chi connectivity index (χ4v) is 8.22. The standard InChI is InChI=1S/C25H38O6/c1-14(26)29-18-8-10-24(4)17(12-18)6-7-19-20(24)9-11-25(5)21(19)13-22(30-15(2)27)23(25)31-16(3)28/h17-23H,6-13H2,1-5H3/t17-,18-,19+,20-,21-,22-,23-,24-,25-/m0/s1. The predicted molar refractivity (Wildman–Crippen MR) is 114 cm³/mol. The van der Waals surface area contributed by atoms with Gasteiger partial charge in [0.15, 0.2) is 0 Å². The maximum atomic E-state index is 11.9. The molecule has 0 radical (unpaired) electrons. The Hall–Kier alpha value is -1.59. The largest absolute Gasteiger partial charge is 0.463 e. The van der Waals surface area contributed by atoms with Gasteiger partial charge in [-0.3, -0.25) is 14.4 Å². The zero-order valence-electron chi connectivity index (χ0n) is 19.6. The van der Waals surface area contributed by atoms with Gasteiger partial charge in [0.05, 0.1) is 0 Å². The number of esters is 3. The van der Waals surface area contributed by atoms with Crippen molar-refractivity contribution in [1.29, 1.82) is 0 Å². The summed E-state index contributed by atoms with van der Waals surface area (Å²) in [7, 11) is 0. The van der Waals surface area contributed by atoms with Crippen LogP contribution in [0.5, 0.6) is 0 Å². The average molecular weight is 435 g/mol. The van der Waals surface area contributed by atoms with Crippen LogP contribution in [0.25, 0.3) is 0 Å². The Kier molecular flexibility index (Phi) is 5.89. The number of rotatable bonds is 3. The van der Waals surface area contributed by atoms with Crippen LogP contribution in [0.4, 0.5) is 0 Å². The van der Waals surface area contributed by atoms with Crippen molar-refractivity contribution in [2.45, 2.75) is 104 Å². The molecule has 0 amide bonds. The summed E-state index contributed by atoms with van der Waals surface area (Å²) in [5, 5.41) is 0.